The van der Waals surface area contributed by atoms with Gasteiger partial charge in [0, 0.05) is 34.1 Å². The van der Waals surface area contributed by atoms with E-state index in [0.717, 1.165) is 30.3 Å². The van der Waals surface area contributed by atoms with Gasteiger partial charge in [-0.3, -0.25) is 14.6 Å². The Bertz CT molecular complexity index is 994. The van der Waals surface area contributed by atoms with Gasteiger partial charge in [0.15, 0.2) is 0 Å². The number of benzene rings is 1. The standard InChI is InChI=1S/C21H21N3O2S/c1-13-4-7-17-18(21(26)22-9-8-16-3-2-10-27-16)11-15(12-19(17)23-13)24-20(25)14-5-6-14/h2-4,7,10-12,14H,5-6,8-9H2,1H3,(H,22,26)(H,24,25). The van der Waals surface area contributed by atoms with Crippen LogP contribution < -0.4 is 10.6 Å². The first-order chi connectivity index (χ1) is 13.1. The van der Waals surface area contributed by atoms with E-state index in [2.05, 4.69) is 21.7 Å². The molecule has 0 spiro atoms. The summed E-state index contributed by atoms with van der Waals surface area (Å²) in [5, 5.41) is 8.74. The van der Waals surface area contributed by atoms with E-state index < -0.39 is 0 Å². The third kappa shape index (κ3) is 4.17. The summed E-state index contributed by atoms with van der Waals surface area (Å²) >= 11 is 1.68. The van der Waals surface area contributed by atoms with Crippen LogP contribution in [0.5, 0.6) is 0 Å². The number of carbonyl (C=O) groups excluding carboxylic acids is 2. The van der Waals surface area contributed by atoms with Gasteiger partial charge in [-0.25, -0.2) is 0 Å². The summed E-state index contributed by atoms with van der Waals surface area (Å²) in [7, 11) is 0. The zero-order chi connectivity index (χ0) is 18.8. The minimum Gasteiger partial charge on any atom is -0.352 e. The molecule has 1 aliphatic carbocycles. The first-order valence-electron chi connectivity index (χ1n) is 9.13. The Labute approximate surface area is 161 Å². The van der Waals surface area contributed by atoms with E-state index in [1.165, 1.54) is 4.88 Å². The summed E-state index contributed by atoms with van der Waals surface area (Å²) < 4.78 is 0. The fourth-order valence-electron chi connectivity index (χ4n) is 3.04. The monoisotopic (exact) mass is 379 g/mol. The van der Waals surface area contributed by atoms with Crippen molar-refractivity contribution in [2.24, 2.45) is 5.92 Å². The van der Waals surface area contributed by atoms with E-state index in [9.17, 15) is 9.59 Å². The van der Waals surface area contributed by atoms with Crippen LogP contribution in [0.4, 0.5) is 5.69 Å². The molecule has 138 valence electrons. The van der Waals surface area contributed by atoms with Crippen molar-refractivity contribution in [2.75, 3.05) is 11.9 Å². The van der Waals surface area contributed by atoms with Crippen LogP contribution in [-0.2, 0) is 11.2 Å². The lowest BCUT2D eigenvalue weighted by atomic mass is 10.1. The number of hydrogen-bond acceptors (Lipinski definition) is 4. The van der Waals surface area contributed by atoms with Crippen LogP contribution in [0.25, 0.3) is 10.9 Å². The molecule has 0 radical (unpaired) electrons. The van der Waals surface area contributed by atoms with E-state index in [-0.39, 0.29) is 17.7 Å². The lowest BCUT2D eigenvalue weighted by Crippen LogP contribution is -2.26. The number of hydrogen-bond donors (Lipinski definition) is 2. The van der Waals surface area contributed by atoms with Crippen molar-refractivity contribution >= 4 is 39.7 Å². The Hall–Kier alpha value is -2.73. The second-order valence-corrected chi connectivity index (χ2v) is 7.92. The molecule has 1 aromatic carbocycles. The Morgan fingerprint density at radius 3 is 2.81 bits per heavy atom. The summed E-state index contributed by atoms with van der Waals surface area (Å²) in [6.07, 6.45) is 2.68. The minimum atomic E-state index is -0.148. The zero-order valence-electron chi connectivity index (χ0n) is 15.1. The Balaban J connectivity index is 1.58. The summed E-state index contributed by atoms with van der Waals surface area (Å²) in [4.78, 5) is 30.7. The van der Waals surface area contributed by atoms with Gasteiger partial charge in [-0.05, 0) is 55.8 Å². The lowest BCUT2D eigenvalue weighted by molar-refractivity contribution is -0.117. The molecule has 2 N–H and O–H groups in total. The maximum absolute atomic E-state index is 12.8. The number of thiophene rings is 1. The molecule has 1 aliphatic rings. The van der Waals surface area contributed by atoms with Crippen molar-refractivity contribution in [3.8, 4) is 0 Å². The number of aryl methyl sites for hydroxylation is 1. The van der Waals surface area contributed by atoms with Crippen LogP contribution in [0.3, 0.4) is 0 Å². The Morgan fingerprint density at radius 2 is 2.07 bits per heavy atom. The number of aromatic nitrogens is 1. The number of fused-ring (bicyclic) bond motifs is 1. The summed E-state index contributed by atoms with van der Waals surface area (Å²) in [5.41, 5.74) is 2.75. The van der Waals surface area contributed by atoms with E-state index in [1.54, 1.807) is 17.4 Å². The van der Waals surface area contributed by atoms with Gasteiger partial charge in [-0.1, -0.05) is 12.1 Å². The van der Waals surface area contributed by atoms with Crippen LogP contribution in [-0.4, -0.2) is 23.3 Å². The summed E-state index contributed by atoms with van der Waals surface area (Å²) in [6, 6.07) is 11.5. The smallest absolute Gasteiger partial charge is 0.252 e. The molecule has 6 heteroatoms. The van der Waals surface area contributed by atoms with Crippen LogP contribution in [0.1, 0.15) is 33.8 Å². The second-order valence-electron chi connectivity index (χ2n) is 6.89. The highest BCUT2D eigenvalue weighted by Gasteiger charge is 2.29. The molecule has 0 saturated heterocycles. The quantitative estimate of drug-likeness (QED) is 0.682. The van der Waals surface area contributed by atoms with Crippen molar-refractivity contribution < 1.29 is 9.59 Å². The molecule has 2 heterocycles. The highest BCUT2D eigenvalue weighted by Crippen LogP contribution is 2.31. The van der Waals surface area contributed by atoms with Crippen LogP contribution in [0, 0.1) is 12.8 Å². The van der Waals surface area contributed by atoms with Crippen molar-refractivity contribution in [1.29, 1.82) is 0 Å². The molecular weight excluding hydrogens is 358 g/mol. The van der Waals surface area contributed by atoms with Crippen molar-refractivity contribution in [2.45, 2.75) is 26.2 Å². The third-order valence-electron chi connectivity index (χ3n) is 4.64. The largest absolute Gasteiger partial charge is 0.352 e. The number of rotatable bonds is 6. The lowest BCUT2D eigenvalue weighted by Gasteiger charge is -2.12. The van der Waals surface area contributed by atoms with E-state index in [1.807, 2.05) is 36.6 Å². The van der Waals surface area contributed by atoms with Gasteiger partial charge in [-0.15, -0.1) is 11.3 Å². The van der Waals surface area contributed by atoms with Crippen molar-refractivity contribution in [3.63, 3.8) is 0 Å². The van der Waals surface area contributed by atoms with Gasteiger partial charge in [0.2, 0.25) is 5.91 Å². The maximum Gasteiger partial charge on any atom is 0.252 e. The molecule has 1 saturated carbocycles. The van der Waals surface area contributed by atoms with Crippen LogP contribution in [0.15, 0.2) is 41.8 Å². The molecule has 0 bridgehead atoms. The number of nitrogens with zero attached hydrogens (tertiary/aromatic N) is 1. The van der Waals surface area contributed by atoms with Gasteiger partial charge in [0.1, 0.15) is 0 Å². The first kappa shape index (κ1) is 17.7. The van der Waals surface area contributed by atoms with Crippen LogP contribution >= 0.6 is 11.3 Å². The summed E-state index contributed by atoms with van der Waals surface area (Å²) in [6.45, 7) is 2.48. The van der Waals surface area contributed by atoms with E-state index in [4.69, 9.17) is 0 Å². The topological polar surface area (TPSA) is 71.1 Å². The number of carbonyl (C=O) groups is 2. The molecule has 2 amide bonds. The fraction of sp³-hybridized carbons (Fsp3) is 0.286. The van der Waals surface area contributed by atoms with Gasteiger partial charge in [0.05, 0.1) is 11.1 Å². The molecule has 0 aliphatic heterocycles. The average molecular weight is 379 g/mol. The SMILES string of the molecule is Cc1ccc2c(C(=O)NCCc3cccs3)cc(NC(=O)C3CC3)cc2n1. The maximum atomic E-state index is 12.8. The predicted molar refractivity (Wildman–Crippen MR) is 108 cm³/mol. The number of anilines is 1. The van der Waals surface area contributed by atoms with Gasteiger partial charge >= 0.3 is 0 Å². The number of amides is 2. The molecule has 4 rings (SSSR count). The second kappa shape index (κ2) is 7.48. The Kier molecular flexibility index (Phi) is 4.90. The van der Waals surface area contributed by atoms with E-state index >= 15 is 0 Å². The zero-order valence-corrected chi connectivity index (χ0v) is 15.9. The highest BCUT2D eigenvalue weighted by molar-refractivity contribution is 7.09. The first-order valence-corrected chi connectivity index (χ1v) is 10.0. The van der Waals surface area contributed by atoms with Gasteiger partial charge in [0.25, 0.3) is 5.91 Å². The minimum absolute atomic E-state index is 0.0195. The number of pyridine rings is 1. The third-order valence-corrected chi connectivity index (χ3v) is 5.58. The van der Waals surface area contributed by atoms with Gasteiger partial charge < -0.3 is 10.6 Å². The highest BCUT2D eigenvalue weighted by atomic mass is 32.1. The normalized spacial score (nSPS) is 13.5. The van der Waals surface area contributed by atoms with E-state index in [0.29, 0.717) is 23.3 Å². The Morgan fingerprint density at radius 1 is 1.22 bits per heavy atom. The molecule has 1 fully saturated rings. The average Bonchev–Trinajstić information content (AvgIpc) is 3.38. The molecule has 0 atom stereocenters. The predicted octanol–water partition coefficient (Wildman–Crippen LogP) is 3.93. The van der Waals surface area contributed by atoms with Crippen molar-refractivity contribution in [1.82, 2.24) is 10.3 Å². The molecule has 27 heavy (non-hydrogen) atoms. The molecule has 3 aromatic rings. The van der Waals surface area contributed by atoms with Gasteiger partial charge in [-0.2, -0.15) is 0 Å². The fourth-order valence-corrected chi connectivity index (χ4v) is 3.74. The van der Waals surface area contributed by atoms with Crippen molar-refractivity contribution in [3.05, 3.63) is 57.9 Å². The molecule has 2 aromatic heterocycles. The van der Waals surface area contributed by atoms with Crippen LogP contribution in [0.2, 0.25) is 0 Å². The summed E-state index contributed by atoms with van der Waals surface area (Å²) in [5.74, 6) is -0.0231. The molecular formula is C21H21N3O2S. The molecule has 0 unspecified atom stereocenters. The number of nitrogens with one attached hydrogen (secondary N) is 2. The molecule has 5 nitrogen and oxygen atoms in total.